The molecule has 3 unspecified atom stereocenters. The number of esters is 1. The van der Waals surface area contributed by atoms with Crippen LogP contribution in [0.4, 0.5) is 0 Å². The number of thioether (sulfide) groups is 1. The molecule has 0 aromatic carbocycles. The molecule has 1 spiro atoms. The van der Waals surface area contributed by atoms with E-state index in [0.29, 0.717) is 32.5 Å². The molecule has 3 aliphatic heterocycles. The van der Waals surface area contributed by atoms with Gasteiger partial charge < -0.3 is 19.6 Å². The number of amides is 2. The number of allylic oxidation sites excluding steroid dienone is 1. The van der Waals surface area contributed by atoms with Crippen molar-refractivity contribution in [2.75, 3.05) is 26.3 Å². The van der Waals surface area contributed by atoms with Crippen LogP contribution in [-0.4, -0.2) is 81.1 Å². The number of unbranched alkanes of at least 4 members (excludes halogenated alkanes) is 3. The Labute approximate surface area is 214 Å². The van der Waals surface area contributed by atoms with E-state index in [0.717, 1.165) is 25.7 Å². The van der Waals surface area contributed by atoms with E-state index in [2.05, 4.69) is 20.1 Å². The molecule has 0 saturated carbocycles. The van der Waals surface area contributed by atoms with Crippen molar-refractivity contribution in [3.63, 3.8) is 0 Å². The van der Waals surface area contributed by atoms with E-state index in [9.17, 15) is 19.5 Å². The highest BCUT2D eigenvalue weighted by Crippen LogP contribution is 2.68. The SMILES string of the molecule is C=CCCCCOC(=O)[C@@H]1[C@@H]2CC(C)C3(S2)C(C(=O)N(CC=C)C(C)C)N(CCCCO)C(=O)[C@H]13. The summed E-state index contributed by atoms with van der Waals surface area (Å²) in [5, 5.41) is 9.30. The van der Waals surface area contributed by atoms with Gasteiger partial charge >= 0.3 is 5.97 Å². The number of ether oxygens (including phenoxy) is 1. The molecular weight excluding hydrogens is 464 g/mol. The minimum absolute atomic E-state index is 0.0126. The van der Waals surface area contributed by atoms with Gasteiger partial charge in [-0.25, -0.2) is 0 Å². The molecule has 8 heteroatoms. The van der Waals surface area contributed by atoms with Crippen LogP contribution in [0.5, 0.6) is 0 Å². The Morgan fingerprint density at radius 3 is 2.63 bits per heavy atom. The molecule has 2 amide bonds. The lowest BCUT2D eigenvalue weighted by Crippen LogP contribution is -2.58. The molecule has 0 radical (unpaired) electrons. The van der Waals surface area contributed by atoms with Gasteiger partial charge in [-0.15, -0.1) is 24.9 Å². The minimum Gasteiger partial charge on any atom is -0.465 e. The Morgan fingerprint density at radius 1 is 1.26 bits per heavy atom. The summed E-state index contributed by atoms with van der Waals surface area (Å²) < 4.78 is 5.03. The maximum atomic E-state index is 14.1. The Balaban J connectivity index is 1.92. The fourth-order valence-electron chi connectivity index (χ4n) is 6.21. The van der Waals surface area contributed by atoms with Crippen molar-refractivity contribution < 1.29 is 24.2 Å². The fraction of sp³-hybridized carbons (Fsp3) is 0.741. The molecule has 3 saturated heterocycles. The standard InChI is InChI=1S/C27H42N2O5S/c1-6-8-9-12-16-34-26(33)21-20-17-19(5)27(35-20)22(21)24(31)29(14-10-11-15-30)23(27)25(32)28(13-7-2)18(3)4/h6-7,18-23,30H,1-2,8-17H2,3-5H3/t19?,20-,21+,22-,23?,27?/m0/s1. The molecular formula is C27H42N2O5S. The van der Waals surface area contributed by atoms with Crippen molar-refractivity contribution in [2.45, 2.75) is 81.4 Å². The van der Waals surface area contributed by atoms with Crippen LogP contribution >= 0.6 is 11.8 Å². The Hall–Kier alpha value is -1.80. The second-order valence-electron chi connectivity index (χ2n) is 10.3. The zero-order chi connectivity index (χ0) is 25.8. The second-order valence-corrected chi connectivity index (χ2v) is 11.9. The first-order valence-corrected chi connectivity index (χ1v) is 13.9. The van der Waals surface area contributed by atoms with Gasteiger partial charge in [0.2, 0.25) is 11.8 Å². The molecule has 6 atom stereocenters. The summed E-state index contributed by atoms with van der Waals surface area (Å²) in [7, 11) is 0. The van der Waals surface area contributed by atoms with Crippen molar-refractivity contribution in [2.24, 2.45) is 17.8 Å². The summed E-state index contributed by atoms with van der Waals surface area (Å²) in [6.45, 7) is 14.8. The van der Waals surface area contributed by atoms with E-state index in [1.165, 1.54) is 0 Å². The number of nitrogens with zero attached hydrogens (tertiary/aromatic N) is 2. The molecule has 35 heavy (non-hydrogen) atoms. The highest BCUT2D eigenvalue weighted by atomic mass is 32.2. The lowest BCUT2D eigenvalue weighted by molar-refractivity contribution is -0.154. The quantitative estimate of drug-likeness (QED) is 0.221. The van der Waals surface area contributed by atoms with Gasteiger partial charge in [-0.1, -0.05) is 19.1 Å². The molecule has 196 valence electrons. The average Bonchev–Trinajstić information content (AvgIpc) is 3.40. The van der Waals surface area contributed by atoms with Gasteiger partial charge in [0, 0.05) is 31.0 Å². The van der Waals surface area contributed by atoms with Gasteiger partial charge in [0.25, 0.3) is 0 Å². The van der Waals surface area contributed by atoms with Crippen molar-refractivity contribution in [1.82, 2.24) is 9.80 Å². The Kier molecular flexibility index (Phi) is 9.49. The number of fused-ring (bicyclic) bond motifs is 1. The molecule has 7 nitrogen and oxygen atoms in total. The smallest absolute Gasteiger partial charge is 0.310 e. The molecule has 1 N–H and O–H groups in total. The molecule has 0 aromatic heterocycles. The van der Waals surface area contributed by atoms with Gasteiger partial charge in [0.1, 0.15) is 6.04 Å². The predicted molar refractivity (Wildman–Crippen MR) is 139 cm³/mol. The number of carbonyl (C=O) groups is 3. The molecule has 0 aliphatic carbocycles. The van der Waals surface area contributed by atoms with E-state index in [1.807, 2.05) is 19.9 Å². The van der Waals surface area contributed by atoms with E-state index >= 15 is 0 Å². The zero-order valence-corrected chi connectivity index (χ0v) is 22.3. The largest absolute Gasteiger partial charge is 0.465 e. The topological polar surface area (TPSA) is 87.2 Å². The molecule has 3 fully saturated rings. The number of aliphatic hydroxyl groups is 1. The van der Waals surface area contributed by atoms with Crippen molar-refractivity contribution in [3.8, 4) is 0 Å². The van der Waals surface area contributed by atoms with Gasteiger partial charge in [-0.05, 0) is 58.3 Å². The normalized spacial score (nSPS) is 31.1. The first-order chi connectivity index (χ1) is 16.8. The summed E-state index contributed by atoms with van der Waals surface area (Å²) >= 11 is 1.67. The van der Waals surface area contributed by atoms with Crippen LogP contribution in [0, 0.1) is 17.8 Å². The van der Waals surface area contributed by atoms with E-state index in [4.69, 9.17) is 4.74 Å². The molecule has 3 rings (SSSR count). The zero-order valence-electron chi connectivity index (χ0n) is 21.5. The first kappa shape index (κ1) is 27.8. The molecule has 0 aromatic rings. The third-order valence-corrected chi connectivity index (χ3v) is 9.91. The van der Waals surface area contributed by atoms with Crippen LogP contribution in [0.15, 0.2) is 25.3 Å². The second kappa shape index (κ2) is 12.0. The predicted octanol–water partition coefficient (Wildman–Crippen LogP) is 3.42. The van der Waals surface area contributed by atoms with Crippen LogP contribution in [0.25, 0.3) is 0 Å². The number of likely N-dealkylation sites (tertiary alicyclic amines) is 1. The van der Waals surface area contributed by atoms with Crippen LogP contribution < -0.4 is 0 Å². The number of aliphatic hydroxyl groups excluding tert-OH is 1. The first-order valence-electron chi connectivity index (χ1n) is 13.0. The number of hydrogen-bond acceptors (Lipinski definition) is 6. The summed E-state index contributed by atoms with van der Waals surface area (Å²) in [6.07, 6.45) is 8.09. The van der Waals surface area contributed by atoms with E-state index < -0.39 is 22.6 Å². The fourth-order valence-corrected chi connectivity index (χ4v) is 8.62. The van der Waals surface area contributed by atoms with Gasteiger partial charge in [-0.2, -0.15) is 0 Å². The van der Waals surface area contributed by atoms with Crippen LogP contribution in [-0.2, 0) is 19.1 Å². The van der Waals surface area contributed by atoms with Crippen LogP contribution in [0.2, 0.25) is 0 Å². The lowest BCUT2D eigenvalue weighted by atomic mass is 9.66. The van der Waals surface area contributed by atoms with Gasteiger partial charge in [-0.3, -0.25) is 14.4 Å². The lowest BCUT2D eigenvalue weighted by Gasteiger charge is -2.41. The third-order valence-electron chi connectivity index (χ3n) is 7.84. The highest BCUT2D eigenvalue weighted by Gasteiger charge is 2.76. The van der Waals surface area contributed by atoms with Crippen molar-refractivity contribution in [3.05, 3.63) is 25.3 Å². The average molecular weight is 507 g/mol. The molecule has 3 aliphatic rings. The Bertz CT molecular complexity index is 817. The van der Waals surface area contributed by atoms with E-state index in [-0.39, 0.29) is 41.6 Å². The number of rotatable bonds is 14. The number of carbonyl (C=O) groups excluding carboxylic acids is 3. The summed E-state index contributed by atoms with van der Waals surface area (Å²) in [5.41, 5.74) is 0. The van der Waals surface area contributed by atoms with E-state index in [1.54, 1.807) is 27.6 Å². The monoisotopic (exact) mass is 506 g/mol. The maximum Gasteiger partial charge on any atom is 0.310 e. The maximum absolute atomic E-state index is 14.1. The third kappa shape index (κ3) is 5.06. The molecule has 2 bridgehead atoms. The Morgan fingerprint density at radius 2 is 2.00 bits per heavy atom. The van der Waals surface area contributed by atoms with Crippen molar-refractivity contribution in [1.29, 1.82) is 0 Å². The van der Waals surface area contributed by atoms with Gasteiger partial charge in [0.05, 0.1) is 23.2 Å². The summed E-state index contributed by atoms with van der Waals surface area (Å²) in [5.74, 6) is -1.44. The number of hydrogen-bond donors (Lipinski definition) is 1. The molecule has 3 heterocycles. The minimum atomic E-state index is -0.640. The van der Waals surface area contributed by atoms with Crippen LogP contribution in [0.3, 0.4) is 0 Å². The highest BCUT2D eigenvalue weighted by molar-refractivity contribution is 8.02. The van der Waals surface area contributed by atoms with Crippen LogP contribution in [0.1, 0.15) is 59.3 Å². The summed E-state index contributed by atoms with van der Waals surface area (Å²) in [6, 6.07) is -0.669. The van der Waals surface area contributed by atoms with Gasteiger partial charge in [0.15, 0.2) is 0 Å². The van der Waals surface area contributed by atoms with Crippen molar-refractivity contribution >= 4 is 29.5 Å². The summed E-state index contributed by atoms with van der Waals surface area (Å²) in [4.78, 5) is 44.8.